The Morgan fingerprint density at radius 2 is 1.79 bits per heavy atom. The summed E-state index contributed by atoms with van der Waals surface area (Å²) in [5, 5.41) is 14.0. The Morgan fingerprint density at radius 1 is 1.07 bits per heavy atom. The number of aryl methyl sites for hydroxylation is 1. The summed E-state index contributed by atoms with van der Waals surface area (Å²) in [4.78, 5) is 0.914. The number of benzene rings is 2. The fraction of sp³-hybridized carbons (Fsp3) is 0.167. The molecule has 10 heteroatoms. The standard InChI is InChI=1S/C18H16ClN5O2S2/c1-13-22-24-17(20-21-18(24)27-13)11-12-23(15-9-7-14(19)8-10-15)28(25,26)16-5-3-2-4-6-16/h2-10H,11-12H2,1H3. The molecule has 0 aliphatic carbocycles. The third-order valence-electron chi connectivity index (χ3n) is 4.14. The zero-order valence-electron chi connectivity index (χ0n) is 14.9. The van der Waals surface area contributed by atoms with Gasteiger partial charge in [0, 0.05) is 18.0 Å². The fourth-order valence-electron chi connectivity index (χ4n) is 2.83. The molecule has 0 saturated carbocycles. The number of hydrogen-bond donors (Lipinski definition) is 0. The summed E-state index contributed by atoms with van der Waals surface area (Å²) in [6.07, 6.45) is 0.360. The van der Waals surface area contributed by atoms with Crippen molar-refractivity contribution < 1.29 is 8.42 Å². The van der Waals surface area contributed by atoms with Crippen LogP contribution in [0.15, 0.2) is 59.5 Å². The van der Waals surface area contributed by atoms with Gasteiger partial charge in [-0.05, 0) is 43.3 Å². The van der Waals surface area contributed by atoms with Gasteiger partial charge in [-0.1, -0.05) is 41.1 Å². The van der Waals surface area contributed by atoms with E-state index < -0.39 is 10.0 Å². The van der Waals surface area contributed by atoms with Crippen LogP contribution in [0.1, 0.15) is 10.8 Å². The normalized spacial score (nSPS) is 11.8. The van der Waals surface area contributed by atoms with Gasteiger partial charge >= 0.3 is 0 Å². The van der Waals surface area contributed by atoms with E-state index >= 15 is 0 Å². The van der Waals surface area contributed by atoms with Crippen LogP contribution >= 0.6 is 22.9 Å². The van der Waals surface area contributed by atoms with Gasteiger partial charge in [-0.15, -0.1) is 10.2 Å². The first-order chi connectivity index (χ1) is 13.4. The summed E-state index contributed by atoms with van der Waals surface area (Å²) in [6, 6.07) is 15.1. The van der Waals surface area contributed by atoms with Gasteiger partial charge < -0.3 is 0 Å². The minimum absolute atomic E-state index is 0.191. The Hall–Kier alpha value is -2.49. The predicted molar refractivity (Wildman–Crippen MR) is 110 cm³/mol. The third-order valence-corrected chi connectivity index (χ3v) is 7.05. The van der Waals surface area contributed by atoms with Crippen LogP contribution in [0.5, 0.6) is 0 Å². The average molecular weight is 434 g/mol. The molecule has 28 heavy (non-hydrogen) atoms. The molecule has 144 valence electrons. The van der Waals surface area contributed by atoms with Crippen molar-refractivity contribution in [1.29, 1.82) is 0 Å². The van der Waals surface area contributed by atoms with Crippen molar-refractivity contribution in [3.8, 4) is 0 Å². The molecule has 0 spiro atoms. The second kappa shape index (κ2) is 7.50. The largest absolute Gasteiger partial charge is 0.266 e. The molecular weight excluding hydrogens is 418 g/mol. The number of rotatable bonds is 6. The van der Waals surface area contributed by atoms with E-state index in [9.17, 15) is 8.42 Å². The van der Waals surface area contributed by atoms with E-state index in [4.69, 9.17) is 11.6 Å². The van der Waals surface area contributed by atoms with Gasteiger partial charge in [0.15, 0.2) is 5.82 Å². The average Bonchev–Trinajstić information content (AvgIpc) is 3.23. The van der Waals surface area contributed by atoms with Crippen molar-refractivity contribution in [2.45, 2.75) is 18.2 Å². The highest BCUT2D eigenvalue weighted by molar-refractivity contribution is 7.92. The number of nitrogens with zero attached hydrogens (tertiary/aromatic N) is 5. The molecule has 0 saturated heterocycles. The van der Waals surface area contributed by atoms with E-state index in [1.807, 2.05) is 6.92 Å². The van der Waals surface area contributed by atoms with Gasteiger partial charge in [-0.2, -0.15) is 9.61 Å². The van der Waals surface area contributed by atoms with Crippen LogP contribution in [0.2, 0.25) is 5.02 Å². The maximum absolute atomic E-state index is 13.3. The number of aromatic nitrogens is 4. The van der Waals surface area contributed by atoms with Gasteiger partial charge in [0.25, 0.3) is 10.0 Å². The van der Waals surface area contributed by atoms with Crippen LogP contribution in [-0.2, 0) is 16.4 Å². The van der Waals surface area contributed by atoms with E-state index in [0.29, 0.717) is 27.9 Å². The van der Waals surface area contributed by atoms with Crippen molar-refractivity contribution >= 4 is 43.6 Å². The number of sulfonamides is 1. The molecule has 0 aliphatic heterocycles. The molecule has 2 aromatic heterocycles. The molecule has 0 radical (unpaired) electrons. The quantitative estimate of drug-likeness (QED) is 0.464. The van der Waals surface area contributed by atoms with Gasteiger partial charge in [0.1, 0.15) is 5.01 Å². The smallest absolute Gasteiger partial charge is 0.264 e. The number of hydrogen-bond acceptors (Lipinski definition) is 6. The zero-order valence-corrected chi connectivity index (χ0v) is 17.2. The molecular formula is C18H16ClN5O2S2. The van der Waals surface area contributed by atoms with Crippen molar-refractivity contribution in [3.63, 3.8) is 0 Å². The summed E-state index contributed by atoms with van der Waals surface area (Å²) in [6.45, 7) is 2.08. The SMILES string of the molecule is Cc1nn2c(CCN(c3ccc(Cl)cc3)S(=O)(=O)c3ccccc3)nnc2s1. The summed E-state index contributed by atoms with van der Waals surface area (Å²) in [5.41, 5.74) is 0.531. The van der Waals surface area contributed by atoms with Crippen LogP contribution in [0.25, 0.3) is 4.96 Å². The highest BCUT2D eigenvalue weighted by Crippen LogP contribution is 2.25. The molecule has 0 unspecified atom stereocenters. The first-order valence-electron chi connectivity index (χ1n) is 8.46. The van der Waals surface area contributed by atoms with Gasteiger partial charge in [0.05, 0.1) is 10.6 Å². The summed E-state index contributed by atoms with van der Waals surface area (Å²) in [7, 11) is -3.75. The van der Waals surface area contributed by atoms with E-state index in [-0.39, 0.29) is 11.4 Å². The zero-order chi connectivity index (χ0) is 19.7. The Labute approximate surface area is 171 Å². The van der Waals surface area contributed by atoms with Crippen molar-refractivity contribution in [2.24, 2.45) is 0 Å². The van der Waals surface area contributed by atoms with Crippen molar-refractivity contribution in [2.75, 3.05) is 10.8 Å². The molecule has 0 atom stereocenters. The Balaban J connectivity index is 1.70. The number of halogens is 1. The molecule has 0 N–H and O–H groups in total. The summed E-state index contributed by atoms with van der Waals surface area (Å²) >= 11 is 7.42. The third kappa shape index (κ3) is 3.60. The van der Waals surface area contributed by atoms with Crippen LogP contribution in [0, 0.1) is 6.92 Å². The first kappa shape index (κ1) is 18.9. The number of fused-ring (bicyclic) bond motifs is 1. The maximum atomic E-state index is 13.3. The lowest BCUT2D eigenvalue weighted by Crippen LogP contribution is -2.33. The molecule has 0 aliphatic rings. The topological polar surface area (TPSA) is 80.5 Å². The van der Waals surface area contributed by atoms with Crippen LogP contribution in [-0.4, -0.2) is 34.8 Å². The van der Waals surface area contributed by atoms with Gasteiger partial charge in [-0.25, -0.2) is 8.42 Å². The highest BCUT2D eigenvalue weighted by atomic mass is 35.5. The fourth-order valence-corrected chi connectivity index (χ4v) is 5.14. The number of anilines is 1. The van der Waals surface area contributed by atoms with Crippen molar-refractivity contribution in [3.05, 3.63) is 70.5 Å². The lowest BCUT2D eigenvalue weighted by molar-refractivity contribution is 0.589. The van der Waals surface area contributed by atoms with E-state index in [1.165, 1.54) is 15.6 Å². The van der Waals surface area contributed by atoms with Crippen LogP contribution < -0.4 is 4.31 Å². The Morgan fingerprint density at radius 3 is 2.50 bits per heavy atom. The first-order valence-corrected chi connectivity index (χ1v) is 11.1. The molecule has 4 rings (SSSR count). The van der Waals surface area contributed by atoms with Crippen LogP contribution in [0.3, 0.4) is 0 Å². The summed E-state index contributed by atoms with van der Waals surface area (Å²) < 4.78 is 29.6. The maximum Gasteiger partial charge on any atom is 0.264 e. The second-order valence-electron chi connectivity index (χ2n) is 6.05. The molecule has 7 nitrogen and oxygen atoms in total. The van der Waals surface area contributed by atoms with Gasteiger partial charge in [-0.3, -0.25) is 4.31 Å². The lowest BCUT2D eigenvalue weighted by atomic mass is 10.3. The minimum Gasteiger partial charge on any atom is -0.266 e. The Kier molecular flexibility index (Phi) is 5.05. The lowest BCUT2D eigenvalue weighted by Gasteiger charge is -2.24. The molecule has 2 heterocycles. The van der Waals surface area contributed by atoms with E-state index in [2.05, 4.69) is 15.3 Å². The molecule has 0 fully saturated rings. The van der Waals surface area contributed by atoms with Gasteiger partial charge in [0.2, 0.25) is 4.96 Å². The van der Waals surface area contributed by atoms with Crippen LogP contribution in [0.4, 0.5) is 5.69 Å². The monoisotopic (exact) mass is 433 g/mol. The molecule has 0 bridgehead atoms. The van der Waals surface area contributed by atoms with E-state index in [1.54, 1.807) is 59.1 Å². The molecule has 0 amide bonds. The second-order valence-corrected chi connectivity index (χ2v) is 9.51. The summed E-state index contributed by atoms with van der Waals surface area (Å²) in [5.74, 6) is 0.613. The molecule has 4 aromatic rings. The molecule has 2 aromatic carbocycles. The highest BCUT2D eigenvalue weighted by Gasteiger charge is 2.25. The predicted octanol–water partition coefficient (Wildman–Crippen LogP) is 3.59. The van der Waals surface area contributed by atoms with E-state index in [0.717, 1.165) is 5.01 Å². The van der Waals surface area contributed by atoms with Crippen molar-refractivity contribution in [1.82, 2.24) is 19.8 Å². The minimum atomic E-state index is -3.75. The Bertz CT molecular complexity index is 1200.